The number of hydrogen-bond donors (Lipinski definition) is 1. The van der Waals surface area contributed by atoms with Crippen molar-refractivity contribution in [3.05, 3.63) is 23.8 Å². The second-order valence-electron chi connectivity index (χ2n) is 8.49. The average molecular weight is 264 g/mol. The first-order chi connectivity index (χ1) is 8.42. The molecule has 0 saturated carbocycles. The Morgan fingerprint density at radius 1 is 1.11 bits per heavy atom. The van der Waals surface area contributed by atoms with E-state index < -0.39 is 6.10 Å². The molecule has 0 aromatic carbocycles. The van der Waals surface area contributed by atoms with E-state index in [-0.39, 0.29) is 16.2 Å². The highest BCUT2D eigenvalue weighted by Gasteiger charge is 2.53. The lowest BCUT2D eigenvalue weighted by Gasteiger charge is -2.55. The van der Waals surface area contributed by atoms with Crippen LogP contribution in [0, 0.1) is 22.2 Å². The second-order valence-corrected chi connectivity index (χ2v) is 8.49. The van der Waals surface area contributed by atoms with Crippen LogP contribution in [0.4, 0.5) is 0 Å². The monoisotopic (exact) mass is 264 g/mol. The van der Waals surface area contributed by atoms with Crippen LogP contribution in [-0.4, -0.2) is 11.2 Å². The van der Waals surface area contributed by atoms with Crippen LogP contribution in [0.1, 0.15) is 61.8 Å². The molecule has 19 heavy (non-hydrogen) atoms. The van der Waals surface area contributed by atoms with Gasteiger partial charge in [-0.2, -0.15) is 0 Å². The van der Waals surface area contributed by atoms with Crippen LogP contribution < -0.4 is 0 Å². The van der Waals surface area contributed by atoms with Crippen LogP contribution in [0.5, 0.6) is 0 Å². The summed E-state index contributed by atoms with van der Waals surface area (Å²) in [5, 5.41) is 10.7. The summed E-state index contributed by atoms with van der Waals surface area (Å²) in [6.45, 7) is 17.9. The van der Waals surface area contributed by atoms with Crippen molar-refractivity contribution in [3.63, 3.8) is 0 Å². The van der Waals surface area contributed by atoms with E-state index in [9.17, 15) is 5.11 Å². The molecule has 1 aliphatic rings. The molecular weight excluding hydrogens is 232 g/mol. The van der Waals surface area contributed by atoms with Crippen molar-refractivity contribution in [2.24, 2.45) is 22.2 Å². The van der Waals surface area contributed by atoms with E-state index in [2.05, 4.69) is 67.5 Å². The Morgan fingerprint density at radius 3 is 1.95 bits per heavy atom. The molecule has 1 N–H and O–H groups in total. The standard InChI is InChI=1S/C18H32O/c1-13(2)11-14-9-10-15(19)18(12-14,16(3,4)5)17(6,7)8/h9-10,12-13,15,19H,11H2,1-8H3. The Balaban J connectivity index is 3.37. The molecule has 1 rings (SSSR count). The van der Waals surface area contributed by atoms with Gasteiger partial charge in [-0.1, -0.05) is 79.2 Å². The number of rotatable bonds is 2. The van der Waals surface area contributed by atoms with Crippen LogP contribution in [0.2, 0.25) is 0 Å². The number of allylic oxidation sites excluding steroid dienone is 2. The predicted octanol–water partition coefficient (Wildman–Crippen LogP) is 4.97. The molecular formula is C18H32O. The topological polar surface area (TPSA) is 20.2 Å². The summed E-state index contributed by atoms with van der Waals surface area (Å²) in [4.78, 5) is 0. The predicted molar refractivity (Wildman–Crippen MR) is 84.0 cm³/mol. The molecule has 0 saturated heterocycles. The minimum Gasteiger partial charge on any atom is -0.388 e. The van der Waals surface area contributed by atoms with Crippen molar-refractivity contribution >= 4 is 0 Å². The molecule has 0 amide bonds. The first-order valence-corrected chi connectivity index (χ1v) is 7.50. The molecule has 1 heteroatoms. The molecule has 0 bridgehead atoms. The fourth-order valence-electron chi connectivity index (χ4n) is 3.84. The highest BCUT2D eigenvalue weighted by Crippen LogP contribution is 2.57. The molecule has 1 aliphatic carbocycles. The van der Waals surface area contributed by atoms with E-state index in [1.807, 2.05) is 6.08 Å². The van der Waals surface area contributed by atoms with Crippen molar-refractivity contribution in [2.45, 2.75) is 67.9 Å². The minimum absolute atomic E-state index is 0.0116. The Hall–Kier alpha value is -0.560. The van der Waals surface area contributed by atoms with Crippen LogP contribution in [-0.2, 0) is 0 Å². The SMILES string of the molecule is CC(C)CC1=CC(C(C)(C)C)(C(C)(C)C)C(O)C=C1. The van der Waals surface area contributed by atoms with Gasteiger partial charge in [0.05, 0.1) is 6.10 Å². The van der Waals surface area contributed by atoms with E-state index in [1.54, 1.807) is 0 Å². The van der Waals surface area contributed by atoms with E-state index in [0.717, 1.165) is 6.42 Å². The largest absolute Gasteiger partial charge is 0.388 e. The lowest BCUT2D eigenvalue weighted by Crippen LogP contribution is -2.53. The van der Waals surface area contributed by atoms with E-state index in [4.69, 9.17) is 0 Å². The molecule has 0 aromatic rings. The zero-order chi connectivity index (χ0) is 15.1. The molecule has 1 nitrogen and oxygen atoms in total. The number of aliphatic hydroxyl groups excluding tert-OH is 1. The van der Waals surface area contributed by atoms with Crippen LogP contribution in [0.25, 0.3) is 0 Å². The maximum absolute atomic E-state index is 10.7. The van der Waals surface area contributed by atoms with Crippen molar-refractivity contribution in [3.8, 4) is 0 Å². The smallest absolute Gasteiger partial charge is 0.0824 e. The maximum Gasteiger partial charge on any atom is 0.0824 e. The first-order valence-electron chi connectivity index (χ1n) is 7.50. The Morgan fingerprint density at radius 2 is 1.58 bits per heavy atom. The summed E-state index contributed by atoms with van der Waals surface area (Å²) >= 11 is 0. The molecule has 0 fully saturated rings. The molecule has 110 valence electrons. The van der Waals surface area contributed by atoms with Gasteiger partial charge in [0.25, 0.3) is 0 Å². The number of aliphatic hydroxyl groups is 1. The fraction of sp³-hybridized carbons (Fsp3) is 0.778. The Bertz CT molecular complexity index is 357. The zero-order valence-corrected chi connectivity index (χ0v) is 14.0. The van der Waals surface area contributed by atoms with Crippen LogP contribution in [0.15, 0.2) is 23.8 Å². The van der Waals surface area contributed by atoms with Gasteiger partial charge in [0.15, 0.2) is 0 Å². The fourth-order valence-corrected chi connectivity index (χ4v) is 3.84. The van der Waals surface area contributed by atoms with Crippen molar-refractivity contribution in [1.29, 1.82) is 0 Å². The van der Waals surface area contributed by atoms with Gasteiger partial charge in [0.2, 0.25) is 0 Å². The third kappa shape index (κ3) is 2.97. The maximum atomic E-state index is 10.7. The lowest BCUT2D eigenvalue weighted by atomic mass is 9.50. The van der Waals surface area contributed by atoms with Gasteiger partial charge in [-0.3, -0.25) is 0 Å². The lowest BCUT2D eigenvalue weighted by molar-refractivity contribution is -0.0713. The summed E-state index contributed by atoms with van der Waals surface area (Å²) in [6.07, 6.45) is 7.13. The Labute approximate surface area is 119 Å². The van der Waals surface area contributed by atoms with Gasteiger partial charge >= 0.3 is 0 Å². The second kappa shape index (κ2) is 5.09. The number of hydrogen-bond acceptors (Lipinski definition) is 1. The minimum atomic E-state index is -0.414. The Kier molecular flexibility index (Phi) is 4.42. The van der Waals surface area contributed by atoms with Crippen LogP contribution >= 0.6 is 0 Å². The van der Waals surface area contributed by atoms with E-state index in [1.165, 1.54) is 5.57 Å². The van der Waals surface area contributed by atoms with Crippen LogP contribution in [0.3, 0.4) is 0 Å². The molecule has 0 aromatic heterocycles. The van der Waals surface area contributed by atoms with E-state index >= 15 is 0 Å². The normalized spacial score (nSPS) is 23.7. The molecule has 0 aliphatic heterocycles. The molecule has 0 heterocycles. The van der Waals surface area contributed by atoms with Crippen molar-refractivity contribution < 1.29 is 5.11 Å². The van der Waals surface area contributed by atoms with Gasteiger partial charge in [0, 0.05) is 5.41 Å². The molecule has 0 radical (unpaired) electrons. The highest BCUT2D eigenvalue weighted by atomic mass is 16.3. The third-order valence-corrected chi connectivity index (χ3v) is 4.50. The quantitative estimate of drug-likeness (QED) is 0.746. The van der Waals surface area contributed by atoms with Crippen molar-refractivity contribution in [1.82, 2.24) is 0 Å². The highest BCUT2D eigenvalue weighted by molar-refractivity contribution is 5.34. The molecule has 0 spiro atoms. The first kappa shape index (κ1) is 16.5. The summed E-state index contributed by atoms with van der Waals surface area (Å²) in [5.74, 6) is 0.642. The summed E-state index contributed by atoms with van der Waals surface area (Å²) in [5.41, 5.74) is 1.17. The third-order valence-electron chi connectivity index (χ3n) is 4.50. The summed E-state index contributed by atoms with van der Waals surface area (Å²) in [6, 6.07) is 0. The zero-order valence-electron chi connectivity index (χ0n) is 14.0. The summed E-state index contributed by atoms with van der Waals surface area (Å²) in [7, 11) is 0. The van der Waals surface area contributed by atoms with Gasteiger partial charge < -0.3 is 5.11 Å². The van der Waals surface area contributed by atoms with Gasteiger partial charge in [-0.25, -0.2) is 0 Å². The summed E-state index contributed by atoms with van der Waals surface area (Å²) < 4.78 is 0. The average Bonchev–Trinajstić information content (AvgIpc) is 2.16. The van der Waals surface area contributed by atoms with Gasteiger partial charge in [0.1, 0.15) is 0 Å². The molecule has 1 atom stereocenters. The van der Waals surface area contributed by atoms with Gasteiger partial charge in [-0.05, 0) is 23.2 Å². The van der Waals surface area contributed by atoms with Gasteiger partial charge in [-0.15, -0.1) is 0 Å². The molecule has 1 unspecified atom stereocenters. The van der Waals surface area contributed by atoms with E-state index in [0.29, 0.717) is 5.92 Å². The van der Waals surface area contributed by atoms with Crippen molar-refractivity contribution in [2.75, 3.05) is 0 Å².